The molecule has 2 saturated heterocycles. The second kappa shape index (κ2) is 4.79. The zero-order chi connectivity index (χ0) is 16.2. The highest BCUT2D eigenvalue weighted by atomic mass is 16.6. The summed E-state index contributed by atoms with van der Waals surface area (Å²) in [5.41, 5.74) is 0.0798. The molecule has 0 radical (unpaired) electrons. The molecular weight excluding hydrogens is 300 g/mol. The highest BCUT2D eigenvalue weighted by Crippen LogP contribution is 2.32. The number of carbonyl (C=O) groups is 1. The van der Waals surface area contributed by atoms with Crippen LogP contribution in [0.3, 0.4) is 0 Å². The number of aryl methyl sites for hydroxylation is 1. The molecule has 9 heteroatoms. The molecule has 0 bridgehead atoms. The molecule has 2 aliphatic heterocycles. The number of ether oxygens (including phenoxy) is 1. The fourth-order valence-electron chi connectivity index (χ4n) is 3.41. The number of hydrogen-bond donors (Lipinski definition) is 1. The first-order valence-electron chi connectivity index (χ1n) is 7.56. The summed E-state index contributed by atoms with van der Waals surface area (Å²) in [5.74, 6) is 1.03. The van der Waals surface area contributed by atoms with Crippen LogP contribution in [-0.4, -0.2) is 67.8 Å². The lowest BCUT2D eigenvalue weighted by Gasteiger charge is -2.21. The summed E-state index contributed by atoms with van der Waals surface area (Å²) in [5, 5.41) is 2.85. The molecule has 4 heterocycles. The normalized spacial score (nSPS) is 25.0. The average Bonchev–Trinajstić information content (AvgIpc) is 3.10. The molecule has 23 heavy (non-hydrogen) atoms. The van der Waals surface area contributed by atoms with Crippen molar-refractivity contribution in [2.24, 2.45) is 0 Å². The van der Waals surface area contributed by atoms with Gasteiger partial charge in [-0.1, -0.05) is 0 Å². The third kappa shape index (κ3) is 2.37. The summed E-state index contributed by atoms with van der Waals surface area (Å²) in [6.07, 6.45) is 0.530. The van der Waals surface area contributed by atoms with E-state index in [1.54, 1.807) is 18.9 Å². The van der Waals surface area contributed by atoms with E-state index in [2.05, 4.69) is 20.0 Å². The van der Waals surface area contributed by atoms with E-state index < -0.39 is 5.60 Å². The number of nitrogens with zero attached hydrogens (tertiary/aromatic N) is 5. The van der Waals surface area contributed by atoms with E-state index >= 15 is 0 Å². The highest BCUT2D eigenvalue weighted by Gasteiger charge is 2.48. The zero-order valence-corrected chi connectivity index (χ0v) is 13.1. The number of H-pyrrole nitrogens is 1. The second-order valence-corrected chi connectivity index (χ2v) is 6.40. The molecule has 9 nitrogen and oxygen atoms in total. The second-order valence-electron chi connectivity index (χ2n) is 6.40. The van der Waals surface area contributed by atoms with Crippen molar-refractivity contribution in [2.45, 2.75) is 25.5 Å². The SMILES string of the molecule is Cc1nc2nc(CN3CC[C@]4(C3)CN(C)C(=O)O4)cc(=O)n2[nH]1. The minimum absolute atomic E-state index is 0.175. The summed E-state index contributed by atoms with van der Waals surface area (Å²) in [7, 11) is 1.75. The van der Waals surface area contributed by atoms with Crippen molar-refractivity contribution in [3.05, 3.63) is 27.9 Å². The van der Waals surface area contributed by atoms with Gasteiger partial charge in [-0.2, -0.15) is 9.50 Å². The minimum atomic E-state index is -0.423. The van der Waals surface area contributed by atoms with Crippen LogP contribution in [-0.2, 0) is 11.3 Å². The molecule has 0 aliphatic carbocycles. The molecule has 4 rings (SSSR count). The standard InChI is InChI=1S/C14H18N6O3/c1-9-15-12-16-10(5-11(21)20(12)17-9)6-19-4-3-14(8-19)7-18(2)13(22)23-14/h5H,3-4,6-8H2,1-2H3,(H,15,16,17)/t14-/m1/s1. The molecule has 0 aromatic carbocycles. The van der Waals surface area contributed by atoms with Gasteiger partial charge < -0.3 is 9.64 Å². The number of rotatable bonds is 2. The molecule has 1 amide bonds. The fourth-order valence-corrected chi connectivity index (χ4v) is 3.41. The van der Waals surface area contributed by atoms with Crippen molar-refractivity contribution < 1.29 is 9.53 Å². The number of aromatic amines is 1. The van der Waals surface area contributed by atoms with E-state index in [4.69, 9.17) is 4.74 Å². The number of nitrogens with one attached hydrogen (secondary N) is 1. The maximum atomic E-state index is 12.1. The number of likely N-dealkylation sites (tertiary alicyclic amines) is 1. The van der Waals surface area contributed by atoms with Gasteiger partial charge in [-0.15, -0.1) is 0 Å². The van der Waals surface area contributed by atoms with Crippen LogP contribution in [0.15, 0.2) is 10.9 Å². The van der Waals surface area contributed by atoms with Crippen LogP contribution < -0.4 is 5.56 Å². The first-order chi connectivity index (χ1) is 10.9. The van der Waals surface area contributed by atoms with Gasteiger partial charge in [-0.3, -0.25) is 14.8 Å². The van der Waals surface area contributed by atoms with Crippen molar-refractivity contribution >= 4 is 11.9 Å². The van der Waals surface area contributed by atoms with Crippen LogP contribution >= 0.6 is 0 Å². The van der Waals surface area contributed by atoms with E-state index in [1.165, 1.54) is 10.6 Å². The molecule has 0 saturated carbocycles. The Morgan fingerprint density at radius 3 is 2.91 bits per heavy atom. The maximum absolute atomic E-state index is 12.1. The lowest BCUT2D eigenvalue weighted by atomic mass is 10.0. The number of hydrogen-bond acceptors (Lipinski definition) is 6. The first-order valence-corrected chi connectivity index (χ1v) is 7.56. The van der Waals surface area contributed by atoms with Crippen molar-refractivity contribution in [3.63, 3.8) is 0 Å². The monoisotopic (exact) mass is 318 g/mol. The van der Waals surface area contributed by atoms with Gasteiger partial charge in [0.2, 0.25) is 0 Å². The van der Waals surface area contributed by atoms with Gasteiger partial charge in [0.1, 0.15) is 11.4 Å². The van der Waals surface area contributed by atoms with Crippen molar-refractivity contribution in [3.8, 4) is 0 Å². The van der Waals surface area contributed by atoms with Crippen LogP contribution in [0.5, 0.6) is 0 Å². The molecule has 1 N–H and O–H groups in total. The van der Waals surface area contributed by atoms with E-state index in [0.29, 0.717) is 36.9 Å². The van der Waals surface area contributed by atoms with E-state index in [1.807, 2.05) is 0 Å². The van der Waals surface area contributed by atoms with E-state index in [0.717, 1.165) is 13.0 Å². The Morgan fingerprint density at radius 2 is 2.17 bits per heavy atom. The number of likely N-dealkylation sites (N-methyl/N-ethyl adjacent to an activating group) is 1. The molecule has 0 unspecified atom stereocenters. The van der Waals surface area contributed by atoms with Crippen molar-refractivity contribution in [1.82, 2.24) is 29.4 Å². The van der Waals surface area contributed by atoms with Crippen molar-refractivity contribution in [2.75, 3.05) is 26.7 Å². The lowest BCUT2D eigenvalue weighted by molar-refractivity contribution is 0.0626. The lowest BCUT2D eigenvalue weighted by Crippen LogP contribution is -2.37. The Bertz CT molecular complexity index is 843. The number of aromatic nitrogens is 4. The molecule has 2 fully saturated rings. The topological polar surface area (TPSA) is 95.8 Å². The molecule has 2 aromatic heterocycles. The Labute approximate surface area is 131 Å². The molecular formula is C14H18N6O3. The average molecular weight is 318 g/mol. The van der Waals surface area contributed by atoms with E-state index in [-0.39, 0.29) is 11.7 Å². The number of fused-ring (bicyclic) bond motifs is 1. The molecule has 122 valence electrons. The quantitative estimate of drug-likeness (QED) is 0.820. The largest absolute Gasteiger partial charge is 0.439 e. The van der Waals surface area contributed by atoms with Crippen LogP contribution in [0.1, 0.15) is 17.9 Å². The van der Waals surface area contributed by atoms with Gasteiger partial charge in [0.05, 0.1) is 12.2 Å². The number of amides is 1. The van der Waals surface area contributed by atoms with Crippen LogP contribution in [0, 0.1) is 6.92 Å². The van der Waals surface area contributed by atoms with Gasteiger partial charge in [0.25, 0.3) is 11.3 Å². The number of carbonyl (C=O) groups excluding carboxylic acids is 1. The Morgan fingerprint density at radius 1 is 1.35 bits per heavy atom. The summed E-state index contributed by atoms with van der Waals surface area (Å²) >= 11 is 0. The van der Waals surface area contributed by atoms with Crippen LogP contribution in [0.2, 0.25) is 0 Å². The van der Waals surface area contributed by atoms with E-state index in [9.17, 15) is 9.59 Å². The molecule has 2 aromatic rings. The first kappa shape index (κ1) is 14.2. The van der Waals surface area contributed by atoms with Crippen LogP contribution in [0.25, 0.3) is 5.78 Å². The van der Waals surface area contributed by atoms with Crippen LogP contribution in [0.4, 0.5) is 4.79 Å². The maximum Gasteiger partial charge on any atom is 0.410 e. The summed E-state index contributed by atoms with van der Waals surface area (Å²) in [4.78, 5) is 36.1. The van der Waals surface area contributed by atoms with Gasteiger partial charge in [0.15, 0.2) is 0 Å². The van der Waals surface area contributed by atoms with Crippen molar-refractivity contribution in [1.29, 1.82) is 0 Å². The smallest absolute Gasteiger partial charge is 0.410 e. The summed E-state index contributed by atoms with van der Waals surface area (Å²) < 4.78 is 6.86. The Balaban J connectivity index is 1.53. The predicted molar refractivity (Wildman–Crippen MR) is 80.1 cm³/mol. The molecule has 1 atom stereocenters. The predicted octanol–water partition coefficient (Wildman–Crippen LogP) is -0.247. The summed E-state index contributed by atoms with van der Waals surface area (Å²) in [6.45, 7) is 4.39. The Kier molecular flexibility index (Phi) is 2.95. The molecule has 1 spiro atoms. The Hall–Kier alpha value is -2.42. The third-order valence-electron chi connectivity index (χ3n) is 4.42. The van der Waals surface area contributed by atoms with Gasteiger partial charge in [-0.05, 0) is 6.92 Å². The van der Waals surface area contributed by atoms with Gasteiger partial charge in [-0.25, -0.2) is 9.78 Å². The zero-order valence-electron chi connectivity index (χ0n) is 13.1. The minimum Gasteiger partial charge on any atom is -0.439 e. The summed E-state index contributed by atoms with van der Waals surface area (Å²) in [6, 6.07) is 1.52. The third-order valence-corrected chi connectivity index (χ3v) is 4.42. The fraction of sp³-hybridized carbons (Fsp3) is 0.571. The van der Waals surface area contributed by atoms with Gasteiger partial charge in [0, 0.05) is 39.2 Å². The highest BCUT2D eigenvalue weighted by molar-refractivity contribution is 5.70. The molecule has 2 aliphatic rings. The van der Waals surface area contributed by atoms with Gasteiger partial charge >= 0.3 is 6.09 Å².